The van der Waals surface area contributed by atoms with Crippen molar-refractivity contribution in [2.75, 3.05) is 13.1 Å². The molecule has 1 unspecified atom stereocenters. The lowest BCUT2D eigenvalue weighted by atomic mass is 9.99. The summed E-state index contributed by atoms with van der Waals surface area (Å²) in [6.07, 6.45) is 3.56. The first-order valence-electron chi connectivity index (χ1n) is 9.90. The van der Waals surface area contributed by atoms with Crippen LogP contribution < -0.4 is 5.32 Å². The number of hydrogen-bond donors (Lipinski definition) is 1. The number of carbonyl (C=O) groups excluding carboxylic acids is 1. The van der Waals surface area contributed by atoms with Crippen molar-refractivity contribution in [3.05, 3.63) is 71.0 Å². The van der Waals surface area contributed by atoms with Crippen LogP contribution in [0.3, 0.4) is 0 Å². The lowest BCUT2D eigenvalue weighted by molar-refractivity contribution is -0.121. The van der Waals surface area contributed by atoms with Gasteiger partial charge in [0.25, 0.3) is 0 Å². The number of nitrogens with zero attached hydrogens (tertiary/aromatic N) is 1. The number of likely N-dealkylation sites (tertiary alicyclic amines) is 1. The van der Waals surface area contributed by atoms with Gasteiger partial charge in [-0.15, -0.1) is 0 Å². The summed E-state index contributed by atoms with van der Waals surface area (Å²) >= 11 is 0. The van der Waals surface area contributed by atoms with Gasteiger partial charge in [-0.05, 0) is 60.5 Å². The highest BCUT2D eigenvalue weighted by Crippen LogP contribution is 2.18. The molecule has 4 heteroatoms. The van der Waals surface area contributed by atoms with Gasteiger partial charge < -0.3 is 5.32 Å². The molecule has 0 bridgehead atoms. The predicted molar refractivity (Wildman–Crippen MR) is 107 cm³/mol. The number of piperidine rings is 1. The zero-order valence-electron chi connectivity index (χ0n) is 16.1. The average molecular weight is 368 g/mol. The maximum atomic E-state index is 13.2. The van der Waals surface area contributed by atoms with Crippen LogP contribution in [0.15, 0.2) is 48.5 Å². The molecular formula is C23H29FN2O. The quantitative estimate of drug-likeness (QED) is 0.790. The molecule has 0 spiro atoms. The second-order valence-electron chi connectivity index (χ2n) is 7.71. The van der Waals surface area contributed by atoms with E-state index in [-0.39, 0.29) is 11.7 Å². The Morgan fingerprint density at radius 1 is 1.15 bits per heavy atom. The molecule has 27 heavy (non-hydrogen) atoms. The molecule has 0 aliphatic carbocycles. The molecule has 1 aliphatic rings. The van der Waals surface area contributed by atoms with E-state index < -0.39 is 0 Å². The van der Waals surface area contributed by atoms with Gasteiger partial charge in [0.2, 0.25) is 5.91 Å². The van der Waals surface area contributed by atoms with Gasteiger partial charge >= 0.3 is 0 Å². The van der Waals surface area contributed by atoms with Crippen LogP contribution in [0, 0.1) is 11.7 Å². The Labute approximate surface area is 161 Å². The van der Waals surface area contributed by atoms with Crippen molar-refractivity contribution < 1.29 is 9.18 Å². The normalized spacial score (nSPS) is 17.6. The summed E-state index contributed by atoms with van der Waals surface area (Å²) in [5.41, 5.74) is 3.27. The molecule has 1 atom stereocenters. The summed E-state index contributed by atoms with van der Waals surface area (Å²) in [5.74, 6) is 0.526. The molecule has 3 rings (SSSR count). The van der Waals surface area contributed by atoms with E-state index >= 15 is 0 Å². The third kappa shape index (κ3) is 6.47. The van der Waals surface area contributed by atoms with Crippen molar-refractivity contribution in [2.24, 2.45) is 5.92 Å². The summed E-state index contributed by atoms with van der Waals surface area (Å²) in [4.78, 5) is 14.5. The molecule has 3 nitrogen and oxygen atoms in total. The van der Waals surface area contributed by atoms with Crippen LogP contribution >= 0.6 is 0 Å². The first-order chi connectivity index (χ1) is 13.1. The van der Waals surface area contributed by atoms with Gasteiger partial charge in [-0.1, -0.05) is 43.3 Å². The monoisotopic (exact) mass is 368 g/mol. The highest BCUT2D eigenvalue weighted by molar-refractivity contribution is 5.76. The van der Waals surface area contributed by atoms with Crippen molar-refractivity contribution in [3.8, 4) is 0 Å². The van der Waals surface area contributed by atoms with Crippen LogP contribution in [0.1, 0.15) is 42.9 Å². The summed E-state index contributed by atoms with van der Waals surface area (Å²) in [7, 11) is 0. The smallest absolute Gasteiger partial charge is 0.220 e. The van der Waals surface area contributed by atoms with Crippen LogP contribution in [0.2, 0.25) is 0 Å². The number of hydrogen-bond acceptors (Lipinski definition) is 2. The van der Waals surface area contributed by atoms with Crippen LogP contribution in [-0.2, 0) is 24.3 Å². The van der Waals surface area contributed by atoms with Crippen LogP contribution in [0.25, 0.3) is 0 Å². The van der Waals surface area contributed by atoms with E-state index in [1.165, 1.54) is 43.6 Å². The molecule has 1 saturated heterocycles. The Morgan fingerprint density at radius 2 is 1.93 bits per heavy atom. The van der Waals surface area contributed by atoms with Crippen molar-refractivity contribution in [1.29, 1.82) is 0 Å². The molecule has 2 aromatic rings. The maximum Gasteiger partial charge on any atom is 0.220 e. The standard InChI is InChI=1S/C23H29FN2O/c1-18-4-3-13-26(16-18)17-21-9-7-20(8-10-21)15-25-23(27)12-11-19-5-2-6-22(24)14-19/h2,5-10,14,18H,3-4,11-13,15-17H2,1H3,(H,25,27). The van der Waals surface area contributed by atoms with Gasteiger partial charge in [0, 0.05) is 26.1 Å². The SMILES string of the molecule is CC1CCCN(Cc2ccc(CNC(=O)CCc3cccc(F)c3)cc2)C1. The van der Waals surface area contributed by atoms with Gasteiger partial charge in [0.05, 0.1) is 0 Å². The fraction of sp³-hybridized carbons (Fsp3) is 0.435. The van der Waals surface area contributed by atoms with E-state index in [0.717, 1.165) is 23.6 Å². The maximum absolute atomic E-state index is 13.2. The molecule has 144 valence electrons. The summed E-state index contributed by atoms with van der Waals surface area (Å²) < 4.78 is 13.2. The number of halogens is 1. The van der Waals surface area contributed by atoms with Gasteiger partial charge in [0.1, 0.15) is 5.82 Å². The van der Waals surface area contributed by atoms with Crippen LogP contribution in [0.5, 0.6) is 0 Å². The largest absolute Gasteiger partial charge is 0.352 e. The summed E-state index contributed by atoms with van der Waals surface area (Å²) in [6, 6.07) is 14.9. The van der Waals surface area contributed by atoms with Crippen LogP contribution in [0.4, 0.5) is 4.39 Å². The van der Waals surface area contributed by atoms with Crippen molar-refractivity contribution in [2.45, 2.75) is 45.7 Å². The topological polar surface area (TPSA) is 32.3 Å². The lowest BCUT2D eigenvalue weighted by Crippen LogP contribution is -2.33. The summed E-state index contributed by atoms with van der Waals surface area (Å²) in [5, 5.41) is 2.95. The second kappa shape index (κ2) is 9.65. The molecule has 0 radical (unpaired) electrons. The Morgan fingerprint density at radius 3 is 2.67 bits per heavy atom. The average Bonchev–Trinajstić information content (AvgIpc) is 2.66. The van der Waals surface area contributed by atoms with Crippen LogP contribution in [-0.4, -0.2) is 23.9 Å². The van der Waals surface area contributed by atoms with Crippen molar-refractivity contribution in [3.63, 3.8) is 0 Å². The Hall–Kier alpha value is -2.20. The molecule has 1 aliphatic heterocycles. The van der Waals surface area contributed by atoms with Gasteiger partial charge in [-0.3, -0.25) is 9.69 Å². The second-order valence-corrected chi connectivity index (χ2v) is 7.71. The minimum Gasteiger partial charge on any atom is -0.352 e. The molecule has 0 aromatic heterocycles. The molecule has 1 heterocycles. The van der Waals surface area contributed by atoms with Crippen molar-refractivity contribution in [1.82, 2.24) is 10.2 Å². The fourth-order valence-corrected chi connectivity index (χ4v) is 3.69. The van der Waals surface area contributed by atoms with Gasteiger partial charge in [-0.2, -0.15) is 0 Å². The van der Waals surface area contributed by atoms with E-state index in [1.807, 2.05) is 6.07 Å². The predicted octanol–water partition coefficient (Wildman–Crippen LogP) is 4.31. The van der Waals surface area contributed by atoms with E-state index in [4.69, 9.17) is 0 Å². The van der Waals surface area contributed by atoms with E-state index in [2.05, 4.69) is 41.4 Å². The van der Waals surface area contributed by atoms with Gasteiger partial charge in [-0.25, -0.2) is 4.39 Å². The minimum atomic E-state index is -0.257. The molecular weight excluding hydrogens is 339 g/mol. The molecule has 1 amide bonds. The number of amides is 1. The Bertz CT molecular complexity index is 744. The lowest BCUT2D eigenvalue weighted by Gasteiger charge is -2.30. The number of carbonyl (C=O) groups is 1. The molecule has 0 saturated carbocycles. The fourth-order valence-electron chi connectivity index (χ4n) is 3.69. The third-order valence-electron chi connectivity index (χ3n) is 5.19. The first kappa shape index (κ1) is 19.6. The summed E-state index contributed by atoms with van der Waals surface area (Å²) in [6.45, 7) is 6.23. The highest BCUT2D eigenvalue weighted by atomic mass is 19.1. The number of nitrogens with one attached hydrogen (secondary N) is 1. The Kier molecular flexibility index (Phi) is 6.99. The Balaban J connectivity index is 1.41. The molecule has 1 fully saturated rings. The van der Waals surface area contributed by atoms with E-state index in [0.29, 0.717) is 19.4 Å². The van der Waals surface area contributed by atoms with Gasteiger partial charge in [0.15, 0.2) is 0 Å². The first-order valence-corrected chi connectivity index (χ1v) is 9.90. The zero-order chi connectivity index (χ0) is 19.1. The zero-order valence-corrected chi connectivity index (χ0v) is 16.1. The number of aryl methyl sites for hydroxylation is 1. The third-order valence-corrected chi connectivity index (χ3v) is 5.19. The van der Waals surface area contributed by atoms with Crippen molar-refractivity contribution >= 4 is 5.91 Å². The minimum absolute atomic E-state index is 0.00866. The molecule has 2 aromatic carbocycles. The number of rotatable bonds is 7. The number of benzene rings is 2. The van der Waals surface area contributed by atoms with E-state index in [1.54, 1.807) is 6.07 Å². The van der Waals surface area contributed by atoms with E-state index in [9.17, 15) is 9.18 Å². The molecule has 1 N–H and O–H groups in total. The highest BCUT2D eigenvalue weighted by Gasteiger charge is 2.16.